The topological polar surface area (TPSA) is 75.1 Å². The van der Waals surface area contributed by atoms with E-state index in [4.69, 9.17) is 5.11 Å². The number of carboxylic acid groups (broad SMARTS) is 1. The van der Waals surface area contributed by atoms with Gasteiger partial charge in [0.05, 0.1) is 18.0 Å². The average molecular weight is 297 g/mol. The van der Waals surface area contributed by atoms with Gasteiger partial charge in [0, 0.05) is 6.54 Å². The summed E-state index contributed by atoms with van der Waals surface area (Å²) in [7, 11) is 0. The first-order valence-corrected chi connectivity index (χ1v) is 5.81. The fourth-order valence-electron chi connectivity index (χ4n) is 1.58. The van der Waals surface area contributed by atoms with Crippen molar-refractivity contribution in [2.45, 2.75) is 12.7 Å². The third-order valence-electron chi connectivity index (χ3n) is 2.60. The van der Waals surface area contributed by atoms with Crippen molar-refractivity contribution in [1.82, 2.24) is 9.97 Å². The molecule has 0 aliphatic heterocycles. The second-order valence-electron chi connectivity index (χ2n) is 4.14. The van der Waals surface area contributed by atoms with Crippen LogP contribution in [0.4, 0.5) is 19.0 Å². The van der Waals surface area contributed by atoms with Crippen LogP contribution >= 0.6 is 0 Å². The molecule has 0 amide bonds. The van der Waals surface area contributed by atoms with E-state index >= 15 is 0 Å². The number of hydrogen-bond donors (Lipinski definition) is 2. The summed E-state index contributed by atoms with van der Waals surface area (Å²) in [6, 6.07) is 4.89. The molecule has 110 valence electrons. The van der Waals surface area contributed by atoms with Gasteiger partial charge in [0.1, 0.15) is 5.82 Å². The molecule has 1 aromatic carbocycles. The summed E-state index contributed by atoms with van der Waals surface area (Å²) < 4.78 is 37.7. The SMILES string of the molecule is O=C(O)c1cnc(NCc2cccc(C(F)(F)F)c2)cn1. The van der Waals surface area contributed by atoms with Crippen LogP contribution in [0.5, 0.6) is 0 Å². The standard InChI is InChI=1S/C13H10F3N3O2/c14-13(15,16)9-3-1-2-8(4-9)5-18-11-7-17-10(6-19-11)12(20)21/h1-4,6-7H,5H2,(H,18,19)(H,20,21). The molecule has 1 aromatic heterocycles. The van der Waals surface area contributed by atoms with Crippen molar-refractivity contribution >= 4 is 11.8 Å². The van der Waals surface area contributed by atoms with E-state index in [1.807, 2.05) is 0 Å². The van der Waals surface area contributed by atoms with Crippen LogP contribution in [0.3, 0.4) is 0 Å². The van der Waals surface area contributed by atoms with E-state index in [0.29, 0.717) is 5.56 Å². The van der Waals surface area contributed by atoms with Gasteiger partial charge in [-0.2, -0.15) is 13.2 Å². The number of anilines is 1. The van der Waals surface area contributed by atoms with E-state index in [1.165, 1.54) is 12.3 Å². The van der Waals surface area contributed by atoms with E-state index < -0.39 is 17.7 Å². The lowest BCUT2D eigenvalue weighted by Gasteiger charge is -2.09. The predicted molar refractivity (Wildman–Crippen MR) is 67.8 cm³/mol. The first-order chi connectivity index (χ1) is 9.86. The lowest BCUT2D eigenvalue weighted by atomic mass is 10.1. The molecule has 0 saturated heterocycles. The predicted octanol–water partition coefficient (Wildman–Crippen LogP) is 2.81. The molecule has 2 N–H and O–H groups in total. The molecule has 8 heteroatoms. The minimum absolute atomic E-state index is 0.116. The largest absolute Gasteiger partial charge is 0.476 e. The zero-order chi connectivity index (χ0) is 15.5. The first-order valence-electron chi connectivity index (χ1n) is 5.81. The quantitative estimate of drug-likeness (QED) is 0.907. The minimum Gasteiger partial charge on any atom is -0.476 e. The van der Waals surface area contributed by atoms with Gasteiger partial charge in [-0.1, -0.05) is 12.1 Å². The van der Waals surface area contributed by atoms with Gasteiger partial charge in [-0.15, -0.1) is 0 Å². The molecule has 21 heavy (non-hydrogen) atoms. The van der Waals surface area contributed by atoms with Gasteiger partial charge in [-0.25, -0.2) is 14.8 Å². The van der Waals surface area contributed by atoms with Crippen LogP contribution in [0, 0.1) is 0 Å². The van der Waals surface area contributed by atoms with Crippen LogP contribution in [-0.2, 0) is 12.7 Å². The molecule has 0 radical (unpaired) electrons. The molecule has 2 rings (SSSR count). The monoisotopic (exact) mass is 297 g/mol. The molecule has 0 fully saturated rings. The number of aromatic nitrogens is 2. The minimum atomic E-state index is -4.39. The van der Waals surface area contributed by atoms with Gasteiger partial charge >= 0.3 is 12.1 Å². The van der Waals surface area contributed by atoms with Crippen molar-refractivity contribution in [3.8, 4) is 0 Å². The first kappa shape index (κ1) is 14.8. The molecule has 0 aliphatic rings. The van der Waals surface area contributed by atoms with Crippen LogP contribution in [0.2, 0.25) is 0 Å². The highest BCUT2D eigenvalue weighted by Gasteiger charge is 2.30. The molecule has 1 heterocycles. The molecule has 2 aromatic rings. The average Bonchev–Trinajstić information content (AvgIpc) is 2.45. The normalized spacial score (nSPS) is 11.2. The van der Waals surface area contributed by atoms with E-state index in [9.17, 15) is 18.0 Å². The Balaban J connectivity index is 2.04. The van der Waals surface area contributed by atoms with Gasteiger partial charge < -0.3 is 10.4 Å². The van der Waals surface area contributed by atoms with E-state index in [-0.39, 0.29) is 18.1 Å². The Morgan fingerprint density at radius 3 is 2.57 bits per heavy atom. The van der Waals surface area contributed by atoms with Crippen molar-refractivity contribution in [2.24, 2.45) is 0 Å². The molecule has 0 atom stereocenters. The van der Waals surface area contributed by atoms with E-state index in [0.717, 1.165) is 18.3 Å². The summed E-state index contributed by atoms with van der Waals surface area (Å²) in [4.78, 5) is 18.0. The number of carboxylic acids is 1. The van der Waals surface area contributed by atoms with Crippen LogP contribution in [0.25, 0.3) is 0 Å². The highest BCUT2D eigenvalue weighted by molar-refractivity contribution is 5.84. The Hall–Kier alpha value is -2.64. The smallest absolute Gasteiger partial charge is 0.416 e. The lowest BCUT2D eigenvalue weighted by Crippen LogP contribution is -2.08. The number of nitrogens with zero attached hydrogens (tertiary/aromatic N) is 2. The second-order valence-corrected chi connectivity index (χ2v) is 4.14. The van der Waals surface area contributed by atoms with Crippen molar-refractivity contribution in [2.75, 3.05) is 5.32 Å². The molecule has 0 bridgehead atoms. The van der Waals surface area contributed by atoms with Gasteiger partial charge in [0.15, 0.2) is 5.69 Å². The highest BCUT2D eigenvalue weighted by Crippen LogP contribution is 2.29. The summed E-state index contributed by atoms with van der Waals surface area (Å²) in [6.07, 6.45) is -2.12. The number of hydrogen-bond acceptors (Lipinski definition) is 4. The summed E-state index contributed by atoms with van der Waals surface area (Å²) in [5, 5.41) is 11.4. The summed E-state index contributed by atoms with van der Waals surface area (Å²) >= 11 is 0. The zero-order valence-corrected chi connectivity index (χ0v) is 10.6. The highest BCUT2D eigenvalue weighted by atomic mass is 19.4. The summed E-state index contributed by atoms with van der Waals surface area (Å²) in [6.45, 7) is 0.116. The number of alkyl halides is 3. The van der Waals surface area contributed by atoms with Crippen molar-refractivity contribution < 1.29 is 23.1 Å². The van der Waals surface area contributed by atoms with Crippen molar-refractivity contribution in [3.05, 3.63) is 53.5 Å². The van der Waals surface area contributed by atoms with E-state index in [2.05, 4.69) is 15.3 Å². The zero-order valence-electron chi connectivity index (χ0n) is 10.6. The number of halogens is 3. The molecular weight excluding hydrogens is 287 g/mol. The van der Waals surface area contributed by atoms with Gasteiger partial charge in [-0.3, -0.25) is 0 Å². The molecule has 5 nitrogen and oxygen atoms in total. The maximum Gasteiger partial charge on any atom is 0.416 e. The molecule has 0 unspecified atom stereocenters. The Morgan fingerprint density at radius 1 is 1.24 bits per heavy atom. The lowest BCUT2D eigenvalue weighted by molar-refractivity contribution is -0.137. The Kier molecular flexibility index (Phi) is 4.06. The van der Waals surface area contributed by atoms with Gasteiger partial charge in [0.2, 0.25) is 0 Å². The van der Waals surface area contributed by atoms with Crippen molar-refractivity contribution in [3.63, 3.8) is 0 Å². The number of benzene rings is 1. The number of carbonyl (C=O) groups is 1. The molecule has 0 spiro atoms. The maximum absolute atomic E-state index is 12.6. The second kappa shape index (κ2) is 5.78. The Morgan fingerprint density at radius 2 is 2.00 bits per heavy atom. The van der Waals surface area contributed by atoms with Crippen LogP contribution in [-0.4, -0.2) is 21.0 Å². The third kappa shape index (κ3) is 3.91. The van der Waals surface area contributed by atoms with E-state index in [1.54, 1.807) is 6.07 Å². The maximum atomic E-state index is 12.6. The summed E-state index contributed by atoms with van der Waals surface area (Å²) in [5.41, 5.74) is -0.511. The Labute approximate surface area is 117 Å². The number of aromatic carboxylic acids is 1. The Bertz CT molecular complexity index is 642. The fraction of sp³-hybridized carbons (Fsp3) is 0.154. The van der Waals surface area contributed by atoms with Gasteiger partial charge in [-0.05, 0) is 17.7 Å². The molecule has 0 aliphatic carbocycles. The number of rotatable bonds is 4. The van der Waals surface area contributed by atoms with Crippen LogP contribution in [0.1, 0.15) is 21.6 Å². The molecule has 0 saturated carbocycles. The van der Waals surface area contributed by atoms with Crippen molar-refractivity contribution in [1.29, 1.82) is 0 Å². The third-order valence-corrected chi connectivity index (χ3v) is 2.60. The number of nitrogens with one attached hydrogen (secondary N) is 1. The molecular formula is C13H10F3N3O2. The van der Waals surface area contributed by atoms with Crippen LogP contribution < -0.4 is 5.32 Å². The van der Waals surface area contributed by atoms with Crippen LogP contribution in [0.15, 0.2) is 36.7 Å². The van der Waals surface area contributed by atoms with Gasteiger partial charge in [0.25, 0.3) is 0 Å². The fourth-order valence-corrected chi connectivity index (χ4v) is 1.58. The summed E-state index contributed by atoms with van der Waals surface area (Å²) in [5.74, 6) is -0.927.